The van der Waals surface area contributed by atoms with Gasteiger partial charge in [-0.05, 0) is 30.0 Å². The van der Waals surface area contributed by atoms with Crippen molar-refractivity contribution in [1.82, 2.24) is 9.78 Å². The minimum Gasteiger partial charge on any atom is -0.434 e. The third kappa shape index (κ3) is 3.04. The monoisotopic (exact) mass is 289 g/mol. The molecule has 0 fully saturated rings. The Hall–Kier alpha value is -2.37. The van der Waals surface area contributed by atoms with E-state index in [1.165, 1.54) is 10.2 Å². The van der Waals surface area contributed by atoms with E-state index in [2.05, 4.69) is 25.9 Å². The first-order valence-corrected chi connectivity index (χ1v) is 6.66. The second kappa shape index (κ2) is 5.20. The molecular formula is C15H19N3O3. The summed E-state index contributed by atoms with van der Waals surface area (Å²) in [4.78, 5) is 10.6. The Balaban J connectivity index is 2.33. The molecule has 1 aromatic carbocycles. The van der Waals surface area contributed by atoms with E-state index in [1.54, 1.807) is 14.0 Å². The van der Waals surface area contributed by atoms with Crippen molar-refractivity contribution in [1.29, 1.82) is 0 Å². The highest BCUT2D eigenvalue weighted by atomic mass is 16.6. The number of ether oxygens (including phenoxy) is 1. The Bertz CT molecular complexity index is 667. The lowest BCUT2D eigenvalue weighted by atomic mass is 9.87. The fourth-order valence-corrected chi connectivity index (χ4v) is 2.08. The third-order valence-electron chi connectivity index (χ3n) is 3.26. The summed E-state index contributed by atoms with van der Waals surface area (Å²) in [5.41, 5.74) is 1.46. The van der Waals surface area contributed by atoms with Gasteiger partial charge >= 0.3 is 5.69 Å². The molecule has 0 radical (unpaired) electrons. The van der Waals surface area contributed by atoms with Gasteiger partial charge in [0.25, 0.3) is 5.88 Å². The van der Waals surface area contributed by atoms with Gasteiger partial charge in [-0.3, -0.25) is 10.1 Å². The lowest BCUT2D eigenvalue weighted by Gasteiger charge is -2.19. The molecule has 1 heterocycles. The summed E-state index contributed by atoms with van der Waals surface area (Å²) in [6.45, 7) is 7.96. The third-order valence-corrected chi connectivity index (χ3v) is 3.26. The molecule has 6 nitrogen and oxygen atoms in total. The zero-order valence-electron chi connectivity index (χ0n) is 12.9. The van der Waals surface area contributed by atoms with Crippen LogP contribution < -0.4 is 4.74 Å². The quantitative estimate of drug-likeness (QED) is 0.637. The van der Waals surface area contributed by atoms with Crippen molar-refractivity contribution >= 4 is 5.69 Å². The molecule has 0 bridgehead atoms. The van der Waals surface area contributed by atoms with E-state index < -0.39 is 4.92 Å². The van der Waals surface area contributed by atoms with Gasteiger partial charge in [0, 0.05) is 7.05 Å². The maximum atomic E-state index is 11.1. The van der Waals surface area contributed by atoms with Crippen LogP contribution >= 0.6 is 0 Å². The van der Waals surface area contributed by atoms with Crippen LogP contribution in [0.5, 0.6) is 11.6 Å². The standard InChI is InChI=1S/C15H19N3O3/c1-10-13(18(19)20)14(17(5)16-10)21-12-8-6-11(7-9-12)15(2,3)4/h6-9H,1-5H3. The van der Waals surface area contributed by atoms with E-state index in [9.17, 15) is 10.1 Å². The summed E-state index contributed by atoms with van der Waals surface area (Å²) < 4.78 is 7.03. The van der Waals surface area contributed by atoms with Crippen LogP contribution in [0.3, 0.4) is 0 Å². The smallest absolute Gasteiger partial charge is 0.353 e. The molecule has 2 aromatic rings. The van der Waals surface area contributed by atoms with E-state index in [0.717, 1.165) is 0 Å². The van der Waals surface area contributed by atoms with Gasteiger partial charge in [-0.2, -0.15) is 5.10 Å². The Kier molecular flexibility index (Phi) is 3.72. The van der Waals surface area contributed by atoms with E-state index in [0.29, 0.717) is 11.4 Å². The molecule has 21 heavy (non-hydrogen) atoms. The van der Waals surface area contributed by atoms with E-state index in [4.69, 9.17) is 4.74 Å². The zero-order chi connectivity index (χ0) is 15.8. The van der Waals surface area contributed by atoms with Gasteiger partial charge in [0.15, 0.2) is 0 Å². The normalized spacial score (nSPS) is 11.5. The van der Waals surface area contributed by atoms with E-state index in [1.807, 2.05) is 24.3 Å². The predicted molar refractivity (Wildman–Crippen MR) is 79.8 cm³/mol. The summed E-state index contributed by atoms with van der Waals surface area (Å²) in [5, 5.41) is 15.1. The largest absolute Gasteiger partial charge is 0.434 e. The highest BCUT2D eigenvalue weighted by Gasteiger charge is 2.26. The van der Waals surface area contributed by atoms with Crippen LogP contribution in [-0.2, 0) is 12.5 Å². The first-order chi connectivity index (χ1) is 9.70. The topological polar surface area (TPSA) is 70.2 Å². The molecule has 0 saturated heterocycles. The van der Waals surface area contributed by atoms with Gasteiger partial charge < -0.3 is 4.74 Å². The summed E-state index contributed by atoms with van der Waals surface area (Å²) >= 11 is 0. The molecule has 0 atom stereocenters. The molecule has 6 heteroatoms. The molecule has 0 N–H and O–H groups in total. The first kappa shape index (κ1) is 15.0. The van der Waals surface area contributed by atoms with E-state index >= 15 is 0 Å². The number of nitrogens with zero attached hydrogens (tertiary/aromatic N) is 3. The highest BCUT2D eigenvalue weighted by Crippen LogP contribution is 2.34. The predicted octanol–water partition coefficient (Wildman–Crippen LogP) is 3.73. The maximum absolute atomic E-state index is 11.1. The Labute approximate surface area is 123 Å². The summed E-state index contributed by atoms with van der Waals surface area (Å²) in [7, 11) is 1.62. The van der Waals surface area contributed by atoms with Crippen LogP contribution in [0.25, 0.3) is 0 Å². The maximum Gasteiger partial charge on any atom is 0.353 e. The summed E-state index contributed by atoms with van der Waals surface area (Å²) in [6, 6.07) is 7.55. The number of benzene rings is 1. The lowest BCUT2D eigenvalue weighted by molar-refractivity contribution is -0.386. The fourth-order valence-electron chi connectivity index (χ4n) is 2.08. The van der Waals surface area contributed by atoms with Crippen molar-refractivity contribution in [2.24, 2.45) is 7.05 Å². The Morgan fingerprint density at radius 3 is 2.29 bits per heavy atom. The minimum atomic E-state index is -0.471. The average molecular weight is 289 g/mol. The number of hydrogen-bond donors (Lipinski definition) is 0. The lowest BCUT2D eigenvalue weighted by Crippen LogP contribution is -2.10. The number of aromatic nitrogens is 2. The van der Waals surface area contributed by atoms with Crippen LogP contribution in [0.2, 0.25) is 0 Å². The van der Waals surface area contributed by atoms with Crippen LogP contribution in [-0.4, -0.2) is 14.7 Å². The van der Waals surface area contributed by atoms with Crippen LogP contribution in [0, 0.1) is 17.0 Å². The van der Waals surface area contributed by atoms with Crippen LogP contribution in [0.15, 0.2) is 24.3 Å². The molecule has 0 aliphatic rings. The Morgan fingerprint density at radius 2 is 1.81 bits per heavy atom. The number of rotatable bonds is 3. The van der Waals surface area contributed by atoms with Gasteiger partial charge in [0.2, 0.25) is 0 Å². The van der Waals surface area contributed by atoms with Gasteiger partial charge in [-0.25, -0.2) is 4.68 Å². The average Bonchev–Trinajstić information content (AvgIpc) is 2.63. The second-order valence-corrected chi connectivity index (χ2v) is 6.00. The highest BCUT2D eigenvalue weighted by molar-refractivity contribution is 5.48. The number of nitro groups is 1. The Morgan fingerprint density at radius 1 is 1.24 bits per heavy atom. The molecular weight excluding hydrogens is 270 g/mol. The van der Waals surface area contributed by atoms with Crippen LogP contribution in [0.1, 0.15) is 32.0 Å². The number of aryl methyl sites for hydroxylation is 2. The van der Waals surface area contributed by atoms with Gasteiger partial charge in [-0.1, -0.05) is 32.9 Å². The second-order valence-electron chi connectivity index (χ2n) is 6.00. The van der Waals surface area contributed by atoms with Crippen molar-refractivity contribution in [2.75, 3.05) is 0 Å². The molecule has 112 valence electrons. The van der Waals surface area contributed by atoms with Gasteiger partial charge in [0.1, 0.15) is 11.4 Å². The molecule has 0 aliphatic heterocycles. The molecule has 2 rings (SSSR count). The van der Waals surface area contributed by atoms with Crippen molar-refractivity contribution < 1.29 is 9.66 Å². The molecule has 0 spiro atoms. The van der Waals surface area contributed by atoms with Crippen molar-refractivity contribution in [3.8, 4) is 11.6 Å². The summed E-state index contributed by atoms with van der Waals surface area (Å²) in [5.74, 6) is 0.690. The van der Waals surface area contributed by atoms with Crippen molar-refractivity contribution in [3.63, 3.8) is 0 Å². The summed E-state index contributed by atoms with van der Waals surface area (Å²) in [6.07, 6.45) is 0. The SMILES string of the molecule is Cc1nn(C)c(Oc2ccc(C(C)(C)C)cc2)c1[N+](=O)[O-]. The van der Waals surface area contributed by atoms with Gasteiger partial charge in [-0.15, -0.1) is 0 Å². The molecule has 1 aromatic heterocycles. The molecule has 0 saturated carbocycles. The van der Waals surface area contributed by atoms with E-state index in [-0.39, 0.29) is 17.0 Å². The van der Waals surface area contributed by atoms with Crippen LogP contribution in [0.4, 0.5) is 5.69 Å². The van der Waals surface area contributed by atoms with Crippen molar-refractivity contribution in [3.05, 3.63) is 45.6 Å². The number of hydrogen-bond acceptors (Lipinski definition) is 4. The molecule has 0 unspecified atom stereocenters. The fraction of sp³-hybridized carbons (Fsp3) is 0.400. The van der Waals surface area contributed by atoms with Gasteiger partial charge in [0.05, 0.1) is 4.92 Å². The molecule has 0 aliphatic carbocycles. The zero-order valence-corrected chi connectivity index (χ0v) is 12.9. The minimum absolute atomic E-state index is 0.0492. The molecule has 0 amide bonds. The van der Waals surface area contributed by atoms with Crippen molar-refractivity contribution in [2.45, 2.75) is 33.1 Å². The first-order valence-electron chi connectivity index (χ1n) is 6.66.